The molecule has 2 amide bonds. The standard InChI is InChI=1S/C15H15NO5/c1-8-9(2)15(19)16(14(8)18)6-11(17)10-3-4-12-13(5-10)21-7-20-12/h3-5,8-9H,6-7H2,1-2H3. The zero-order valence-corrected chi connectivity index (χ0v) is 11.8. The molecule has 1 aromatic carbocycles. The summed E-state index contributed by atoms with van der Waals surface area (Å²) in [5.74, 6) is -0.535. The van der Waals surface area contributed by atoms with Crippen molar-refractivity contribution in [1.82, 2.24) is 4.90 Å². The van der Waals surface area contributed by atoms with Gasteiger partial charge >= 0.3 is 0 Å². The first-order valence-electron chi connectivity index (χ1n) is 6.77. The normalized spacial score (nSPS) is 23.8. The summed E-state index contributed by atoms with van der Waals surface area (Å²) in [5, 5.41) is 0. The molecule has 2 heterocycles. The fraction of sp³-hybridized carbons (Fsp3) is 0.400. The van der Waals surface area contributed by atoms with E-state index in [1.807, 2.05) is 0 Å². The quantitative estimate of drug-likeness (QED) is 0.618. The van der Waals surface area contributed by atoms with Crippen molar-refractivity contribution in [3.8, 4) is 11.5 Å². The highest BCUT2D eigenvalue weighted by Gasteiger charge is 2.42. The van der Waals surface area contributed by atoms with Gasteiger partial charge in [0.25, 0.3) is 0 Å². The summed E-state index contributed by atoms with van der Waals surface area (Å²) in [4.78, 5) is 37.3. The monoisotopic (exact) mass is 289 g/mol. The molecule has 6 nitrogen and oxygen atoms in total. The number of ketones is 1. The highest BCUT2D eigenvalue weighted by molar-refractivity contribution is 6.09. The Balaban J connectivity index is 1.78. The van der Waals surface area contributed by atoms with Crippen LogP contribution in [0.15, 0.2) is 18.2 Å². The van der Waals surface area contributed by atoms with Crippen LogP contribution in [0.4, 0.5) is 0 Å². The molecule has 0 bridgehead atoms. The van der Waals surface area contributed by atoms with Crippen molar-refractivity contribution in [2.75, 3.05) is 13.3 Å². The van der Waals surface area contributed by atoms with Crippen LogP contribution in [0.5, 0.6) is 11.5 Å². The molecule has 0 saturated carbocycles. The van der Waals surface area contributed by atoms with E-state index in [4.69, 9.17) is 9.47 Å². The summed E-state index contributed by atoms with van der Waals surface area (Å²) in [6, 6.07) is 4.82. The molecule has 2 aliphatic rings. The number of hydrogen-bond donors (Lipinski definition) is 0. The lowest BCUT2D eigenvalue weighted by atomic mass is 10.00. The number of amides is 2. The number of nitrogens with zero attached hydrogens (tertiary/aromatic N) is 1. The van der Waals surface area contributed by atoms with Gasteiger partial charge in [0.2, 0.25) is 18.6 Å². The van der Waals surface area contributed by atoms with E-state index in [1.54, 1.807) is 32.0 Å². The second-order valence-corrected chi connectivity index (χ2v) is 5.33. The van der Waals surface area contributed by atoms with Gasteiger partial charge in [-0.1, -0.05) is 13.8 Å². The van der Waals surface area contributed by atoms with Gasteiger partial charge in [0.15, 0.2) is 17.3 Å². The summed E-state index contributed by atoms with van der Waals surface area (Å²) in [7, 11) is 0. The van der Waals surface area contributed by atoms with E-state index in [-0.39, 0.29) is 42.8 Å². The molecule has 1 aromatic rings. The summed E-state index contributed by atoms with van der Waals surface area (Å²) in [6.45, 7) is 3.31. The average molecular weight is 289 g/mol. The molecule has 0 aliphatic carbocycles. The Morgan fingerprint density at radius 1 is 1.14 bits per heavy atom. The maximum atomic E-state index is 12.3. The molecule has 0 spiro atoms. The number of fused-ring (bicyclic) bond motifs is 1. The van der Waals surface area contributed by atoms with Crippen LogP contribution in [0.25, 0.3) is 0 Å². The molecule has 3 rings (SSSR count). The minimum atomic E-state index is -0.373. The fourth-order valence-corrected chi connectivity index (χ4v) is 2.49. The topological polar surface area (TPSA) is 72.9 Å². The Labute approximate surface area is 121 Å². The first-order chi connectivity index (χ1) is 9.99. The van der Waals surface area contributed by atoms with Crippen molar-refractivity contribution in [2.45, 2.75) is 13.8 Å². The van der Waals surface area contributed by atoms with Crippen molar-refractivity contribution in [1.29, 1.82) is 0 Å². The predicted octanol–water partition coefficient (Wildman–Crippen LogP) is 1.24. The van der Waals surface area contributed by atoms with E-state index < -0.39 is 0 Å². The van der Waals surface area contributed by atoms with Crippen LogP contribution in [0, 0.1) is 11.8 Å². The summed E-state index contributed by atoms with van der Waals surface area (Å²) < 4.78 is 10.4. The number of hydrogen-bond acceptors (Lipinski definition) is 5. The van der Waals surface area contributed by atoms with E-state index in [1.165, 1.54) is 0 Å². The van der Waals surface area contributed by atoms with Crippen LogP contribution in [-0.4, -0.2) is 35.8 Å². The van der Waals surface area contributed by atoms with E-state index >= 15 is 0 Å². The Morgan fingerprint density at radius 2 is 1.76 bits per heavy atom. The third-order valence-electron chi connectivity index (χ3n) is 4.06. The van der Waals surface area contributed by atoms with E-state index in [2.05, 4.69) is 0 Å². The van der Waals surface area contributed by atoms with Gasteiger partial charge in [-0.3, -0.25) is 19.3 Å². The average Bonchev–Trinajstić information content (AvgIpc) is 3.02. The van der Waals surface area contributed by atoms with E-state index in [9.17, 15) is 14.4 Å². The lowest BCUT2D eigenvalue weighted by Crippen LogP contribution is -2.35. The number of imide groups is 1. The number of carbonyl (C=O) groups excluding carboxylic acids is 3. The minimum Gasteiger partial charge on any atom is -0.454 e. The lowest BCUT2D eigenvalue weighted by Gasteiger charge is -2.13. The van der Waals surface area contributed by atoms with Crippen molar-refractivity contribution >= 4 is 17.6 Å². The van der Waals surface area contributed by atoms with Gasteiger partial charge in [-0.2, -0.15) is 0 Å². The third kappa shape index (κ3) is 2.16. The first-order valence-corrected chi connectivity index (χ1v) is 6.77. The Morgan fingerprint density at radius 3 is 2.43 bits per heavy atom. The Kier molecular flexibility index (Phi) is 3.16. The van der Waals surface area contributed by atoms with Crippen LogP contribution in [0.1, 0.15) is 24.2 Å². The van der Waals surface area contributed by atoms with Crippen LogP contribution in [-0.2, 0) is 9.59 Å². The molecule has 21 heavy (non-hydrogen) atoms. The van der Waals surface area contributed by atoms with Crippen LogP contribution in [0.3, 0.4) is 0 Å². The molecule has 2 atom stereocenters. The van der Waals surface area contributed by atoms with Gasteiger partial charge < -0.3 is 9.47 Å². The number of likely N-dealkylation sites (tertiary alicyclic amines) is 1. The van der Waals surface area contributed by atoms with Crippen molar-refractivity contribution in [2.24, 2.45) is 11.8 Å². The number of benzene rings is 1. The SMILES string of the molecule is CC1C(=O)N(CC(=O)c2ccc3c(c2)OCO3)C(=O)C1C. The maximum Gasteiger partial charge on any atom is 0.233 e. The van der Waals surface area contributed by atoms with Crippen LogP contribution in [0.2, 0.25) is 0 Å². The van der Waals surface area contributed by atoms with Gasteiger partial charge in [0.05, 0.1) is 6.54 Å². The molecule has 2 aliphatic heterocycles. The van der Waals surface area contributed by atoms with Gasteiger partial charge in [-0.05, 0) is 18.2 Å². The van der Waals surface area contributed by atoms with Crippen molar-refractivity contribution < 1.29 is 23.9 Å². The van der Waals surface area contributed by atoms with Gasteiger partial charge in [0.1, 0.15) is 0 Å². The summed E-state index contributed by atoms with van der Waals surface area (Å²) >= 11 is 0. The fourth-order valence-electron chi connectivity index (χ4n) is 2.49. The zero-order chi connectivity index (χ0) is 15.1. The smallest absolute Gasteiger partial charge is 0.233 e. The van der Waals surface area contributed by atoms with Crippen molar-refractivity contribution in [3.05, 3.63) is 23.8 Å². The zero-order valence-electron chi connectivity index (χ0n) is 11.8. The molecule has 0 aromatic heterocycles. The molecule has 6 heteroatoms. The predicted molar refractivity (Wildman–Crippen MR) is 71.9 cm³/mol. The lowest BCUT2D eigenvalue weighted by molar-refractivity contribution is -0.139. The highest BCUT2D eigenvalue weighted by Crippen LogP contribution is 2.33. The second kappa shape index (κ2) is 4.87. The molecule has 1 saturated heterocycles. The number of rotatable bonds is 3. The highest BCUT2D eigenvalue weighted by atomic mass is 16.7. The molecule has 0 radical (unpaired) electrons. The molecule has 2 unspecified atom stereocenters. The van der Waals surface area contributed by atoms with E-state index in [0.29, 0.717) is 17.1 Å². The molecular formula is C15H15NO5. The molecule has 0 N–H and O–H groups in total. The number of ether oxygens (including phenoxy) is 2. The summed E-state index contributed by atoms with van der Waals surface area (Å²) in [6.07, 6.45) is 0. The molecular weight excluding hydrogens is 274 g/mol. The molecule has 110 valence electrons. The van der Waals surface area contributed by atoms with Crippen LogP contribution >= 0.6 is 0 Å². The summed E-state index contributed by atoms with van der Waals surface area (Å²) in [5.41, 5.74) is 0.395. The van der Waals surface area contributed by atoms with Crippen LogP contribution < -0.4 is 9.47 Å². The second-order valence-electron chi connectivity index (χ2n) is 5.33. The minimum absolute atomic E-state index is 0.130. The first kappa shape index (κ1) is 13.6. The van der Waals surface area contributed by atoms with E-state index in [0.717, 1.165) is 4.90 Å². The van der Waals surface area contributed by atoms with Gasteiger partial charge in [-0.15, -0.1) is 0 Å². The third-order valence-corrected chi connectivity index (χ3v) is 4.06. The van der Waals surface area contributed by atoms with Gasteiger partial charge in [0, 0.05) is 17.4 Å². The molecule has 1 fully saturated rings. The number of carbonyl (C=O) groups is 3. The Hall–Kier alpha value is -2.37. The maximum absolute atomic E-state index is 12.3. The Bertz CT molecular complexity index is 619. The van der Waals surface area contributed by atoms with Gasteiger partial charge in [-0.25, -0.2) is 0 Å². The van der Waals surface area contributed by atoms with Crippen molar-refractivity contribution in [3.63, 3.8) is 0 Å². The number of Topliss-reactive ketones (excluding diaryl/α,β-unsaturated/α-hetero) is 1. The largest absolute Gasteiger partial charge is 0.454 e.